The molecular weight excluding hydrogens is 271 g/mol. The van der Waals surface area contributed by atoms with Crippen LogP contribution in [-0.2, 0) is 9.63 Å². The first kappa shape index (κ1) is 12.4. The molecule has 1 fully saturated rings. The van der Waals surface area contributed by atoms with E-state index in [1.54, 1.807) is 6.07 Å². The summed E-state index contributed by atoms with van der Waals surface area (Å²) in [5.41, 5.74) is 0.588. The van der Waals surface area contributed by atoms with Gasteiger partial charge in [-0.3, -0.25) is 4.79 Å². The minimum Gasteiger partial charge on any atom is -0.382 e. The van der Waals surface area contributed by atoms with E-state index in [4.69, 9.17) is 16.4 Å². The van der Waals surface area contributed by atoms with Crippen molar-refractivity contribution in [3.8, 4) is 0 Å². The molecule has 1 amide bonds. The van der Waals surface area contributed by atoms with Gasteiger partial charge in [0, 0.05) is 12.5 Å². The predicted octanol–water partition coefficient (Wildman–Crippen LogP) is 2.25. The van der Waals surface area contributed by atoms with E-state index < -0.39 is 11.9 Å². The van der Waals surface area contributed by atoms with E-state index in [-0.39, 0.29) is 29.0 Å². The predicted molar refractivity (Wildman–Crippen MR) is 68.6 cm³/mol. The highest BCUT2D eigenvalue weighted by Crippen LogP contribution is 2.26. The Labute approximate surface area is 114 Å². The monoisotopic (exact) mass is 282 g/mol. The molecule has 4 nitrogen and oxygen atoms in total. The Bertz CT molecular complexity index is 537. The summed E-state index contributed by atoms with van der Waals surface area (Å²) in [7, 11) is 0. The number of oxime groups is 1. The maximum Gasteiger partial charge on any atom is 0.264 e. The van der Waals surface area contributed by atoms with Crippen LogP contribution in [0.5, 0.6) is 0 Å². The summed E-state index contributed by atoms with van der Waals surface area (Å²) >= 11 is 5.95. The minimum absolute atomic E-state index is 0.200. The first-order chi connectivity index (χ1) is 9.15. The average molecular weight is 283 g/mol. The van der Waals surface area contributed by atoms with E-state index in [2.05, 4.69) is 10.5 Å². The number of hydrogen-bond acceptors (Lipinski definition) is 3. The fraction of sp³-hybridized carbons (Fsp3) is 0.385. The maximum absolute atomic E-state index is 13.7. The third-order valence-electron chi connectivity index (χ3n) is 3.14. The molecule has 2 aliphatic rings. The van der Waals surface area contributed by atoms with Gasteiger partial charge in [-0.25, -0.2) is 4.39 Å². The maximum atomic E-state index is 13.7. The molecule has 6 heteroatoms. The highest BCUT2D eigenvalue weighted by atomic mass is 35.5. The van der Waals surface area contributed by atoms with Crippen LogP contribution >= 0.6 is 11.6 Å². The molecule has 1 atom stereocenters. The number of nitrogens with zero attached hydrogens (tertiary/aromatic N) is 1. The van der Waals surface area contributed by atoms with Crippen LogP contribution in [0.25, 0.3) is 0 Å². The zero-order valence-electron chi connectivity index (χ0n) is 10.0. The second-order valence-corrected chi connectivity index (χ2v) is 5.12. The first-order valence-electron chi connectivity index (χ1n) is 6.12. The largest absolute Gasteiger partial charge is 0.382 e. The number of hydrogen-bond donors (Lipinski definition) is 1. The Morgan fingerprint density at radius 1 is 1.47 bits per heavy atom. The van der Waals surface area contributed by atoms with Gasteiger partial charge >= 0.3 is 0 Å². The van der Waals surface area contributed by atoms with Gasteiger partial charge in [-0.2, -0.15) is 0 Å². The quantitative estimate of drug-likeness (QED) is 0.924. The minimum atomic E-state index is -0.689. The van der Waals surface area contributed by atoms with E-state index in [1.165, 1.54) is 12.1 Å². The van der Waals surface area contributed by atoms with E-state index in [9.17, 15) is 9.18 Å². The lowest BCUT2D eigenvalue weighted by atomic mass is 10.0. The molecule has 3 rings (SSSR count). The highest BCUT2D eigenvalue weighted by molar-refractivity contribution is 6.34. The molecule has 0 aromatic heterocycles. The number of benzene rings is 1. The van der Waals surface area contributed by atoms with Crippen molar-refractivity contribution in [3.05, 3.63) is 34.6 Å². The molecule has 0 spiro atoms. The lowest BCUT2D eigenvalue weighted by Gasteiger charge is -2.08. The fourth-order valence-corrected chi connectivity index (χ4v) is 2.23. The van der Waals surface area contributed by atoms with Crippen LogP contribution in [0.15, 0.2) is 23.4 Å². The van der Waals surface area contributed by atoms with Crippen LogP contribution in [0.1, 0.15) is 24.8 Å². The number of halogens is 2. The molecule has 1 aromatic carbocycles. The summed E-state index contributed by atoms with van der Waals surface area (Å²) in [4.78, 5) is 16.9. The Hall–Kier alpha value is -1.62. The van der Waals surface area contributed by atoms with Crippen LogP contribution in [-0.4, -0.2) is 23.8 Å². The SMILES string of the molecule is O=C(NC1CC1)C1CC(c2c(F)cccc2Cl)=NO1. The normalized spacial score (nSPS) is 21.8. The smallest absolute Gasteiger partial charge is 0.264 e. The Morgan fingerprint density at radius 2 is 2.26 bits per heavy atom. The number of nitrogens with one attached hydrogen (secondary N) is 1. The third kappa shape index (κ3) is 2.56. The van der Waals surface area contributed by atoms with Crippen LogP contribution in [0.3, 0.4) is 0 Å². The average Bonchev–Trinajstić information content (AvgIpc) is 3.04. The third-order valence-corrected chi connectivity index (χ3v) is 3.45. The van der Waals surface area contributed by atoms with Gasteiger partial charge in [0.2, 0.25) is 6.10 Å². The van der Waals surface area contributed by atoms with Crippen molar-refractivity contribution in [2.45, 2.75) is 31.4 Å². The van der Waals surface area contributed by atoms with Gasteiger partial charge in [0.1, 0.15) is 5.82 Å². The van der Waals surface area contributed by atoms with Gasteiger partial charge in [-0.05, 0) is 25.0 Å². The van der Waals surface area contributed by atoms with Crippen molar-refractivity contribution in [2.75, 3.05) is 0 Å². The van der Waals surface area contributed by atoms with Crippen molar-refractivity contribution in [1.29, 1.82) is 0 Å². The molecule has 1 aliphatic carbocycles. The van der Waals surface area contributed by atoms with E-state index in [0.717, 1.165) is 12.8 Å². The van der Waals surface area contributed by atoms with Crippen LogP contribution in [0.4, 0.5) is 4.39 Å². The molecule has 1 unspecified atom stereocenters. The van der Waals surface area contributed by atoms with Gasteiger partial charge in [-0.15, -0.1) is 0 Å². The summed E-state index contributed by atoms with van der Waals surface area (Å²) in [6.07, 6.45) is 1.56. The molecule has 19 heavy (non-hydrogen) atoms. The van der Waals surface area contributed by atoms with Crippen molar-refractivity contribution >= 4 is 23.2 Å². The highest BCUT2D eigenvalue weighted by Gasteiger charge is 2.34. The molecule has 1 N–H and O–H groups in total. The fourth-order valence-electron chi connectivity index (χ4n) is 1.96. The zero-order chi connectivity index (χ0) is 13.4. The standard InChI is InChI=1S/C13H12ClFN2O2/c14-8-2-1-3-9(15)12(8)10-6-11(19-17-10)13(18)16-7-4-5-7/h1-3,7,11H,4-6H2,(H,16,18). The van der Waals surface area contributed by atoms with Crippen LogP contribution in [0.2, 0.25) is 5.02 Å². The second kappa shape index (κ2) is 4.81. The number of carbonyl (C=O) groups excluding carboxylic acids is 1. The van der Waals surface area contributed by atoms with E-state index >= 15 is 0 Å². The summed E-state index contributed by atoms with van der Waals surface area (Å²) in [5.74, 6) is -0.660. The molecule has 1 heterocycles. The Balaban J connectivity index is 1.72. The van der Waals surface area contributed by atoms with Gasteiger partial charge in [0.25, 0.3) is 5.91 Å². The summed E-state index contributed by atoms with van der Waals surface area (Å²) in [6, 6.07) is 4.67. The number of rotatable bonds is 3. The Morgan fingerprint density at radius 3 is 2.95 bits per heavy atom. The van der Waals surface area contributed by atoms with E-state index in [0.29, 0.717) is 5.71 Å². The summed E-state index contributed by atoms with van der Waals surface area (Å²) in [5, 5.41) is 6.89. The van der Waals surface area contributed by atoms with Crippen molar-refractivity contribution in [3.63, 3.8) is 0 Å². The van der Waals surface area contributed by atoms with Gasteiger partial charge in [0.15, 0.2) is 0 Å². The van der Waals surface area contributed by atoms with Gasteiger partial charge in [0.05, 0.1) is 16.3 Å². The van der Waals surface area contributed by atoms with Crippen LogP contribution in [0, 0.1) is 5.82 Å². The van der Waals surface area contributed by atoms with Crippen LogP contribution < -0.4 is 5.32 Å². The molecule has 0 radical (unpaired) electrons. The second-order valence-electron chi connectivity index (χ2n) is 4.72. The van der Waals surface area contributed by atoms with Gasteiger partial charge in [-0.1, -0.05) is 22.8 Å². The van der Waals surface area contributed by atoms with Crippen molar-refractivity contribution in [2.24, 2.45) is 5.16 Å². The lowest BCUT2D eigenvalue weighted by Crippen LogP contribution is -2.36. The number of carbonyl (C=O) groups is 1. The topological polar surface area (TPSA) is 50.7 Å². The number of amides is 1. The lowest BCUT2D eigenvalue weighted by molar-refractivity contribution is -0.131. The molecule has 1 aromatic rings. The van der Waals surface area contributed by atoms with Crippen molar-refractivity contribution in [1.82, 2.24) is 5.32 Å². The molecule has 0 saturated heterocycles. The molecule has 1 aliphatic heterocycles. The van der Waals surface area contributed by atoms with E-state index in [1.807, 2.05) is 0 Å². The van der Waals surface area contributed by atoms with Gasteiger partial charge < -0.3 is 10.2 Å². The Kier molecular flexibility index (Phi) is 3.14. The zero-order valence-corrected chi connectivity index (χ0v) is 10.8. The van der Waals surface area contributed by atoms with Crippen molar-refractivity contribution < 1.29 is 14.0 Å². The summed E-state index contributed by atoms with van der Waals surface area (Å²) < 4.78 is 13.7. The summed E-state index contributed by atoms with van der Waals surface area (Å²) in [6.45, 7) is 0. The molecule has 0 bridgehead atoms. The first-order valence-corrected chi connectivity index (χ1v) is 6.50. The molecule has 100 valence electrons. The molecular formula is C13H12ClFN2O2. The molecule has 1 saturated carbocycles.